The standard InChI is InChI=1S/C14H15BrFNO3/c1-2-5-17-12(18)7-10(14(19)20)13(17)9-4-3-8(15)6-11(9)16/h3-4,6,10,13H,2,5,7H2,1H3,(H,19,20). The number of benzene rings is 1. The SMILES string of the molecule is CCCN1C(=O)CC(C(=O)O)C1c1ccc(Br)cc1F. The quantitative estimate of drug-likeness (QED) is 0.914. The summed E-state index contributed by atoms with van der Waals surface area (Å²) in [6.45, 7) is 2.33. The largest absolute Gasteiger partial charge is 0.481 e. The lowest BCUT2D eigenvalue weighted by Crippen LogP contribution is -2.31. The summed E-state index contributed by atoms with van der Waals surface area (Å²) < 4.78 is 14.7. The lowest BCUT2D eigenvalue weighted by atomic mass is 9.93. The number of hydrogen-bond acceptors (Lipinski definition) is 2. The summed E-state index contributed by atoms with van der Waals surface area (Å²) in [5.41, 5.74) is 0.264. The predicted octanol–water partition coefficient (Wildman–Crippen LogP) is 2.97. The van der Waals surface area contributed by atoms with Crippen LogP contribution >= 0.6 is 15.9 Å². The van der Waals surface area contributed by atoms with E-state index in [1.807, 2.05) is 6.92 Å². The second-order valence-electron chi connectivity index (χ2n) is 4.85. The third-order valence-corrected chi connectivity index (χ3v) is 3.99. The van der Waals surface area contributed by atoms with Gasteiger partial charge in [0.2, 0.25) is 5.91 Å². The Morgan fingerprint density at radius 1 is 1.55 bits per heavy atom. The van der Waals surface area contributed by atoms with Gasteiger partial charge in [-0.3, -0.25) is 9.59 Å². The van der Waals surface area contributed by atoms with E-state index in [2.05, 4.69) is 15.9 Å². The number of carbonyl (C=O) groups excluding carboxylic acids is 1. The van der Waals surface area contributed by atoms with Crippen LogP contribution in [-0.4, -0.2) is 28.4 Å². The monoisotopic (exact) mass is 343 g/mol. The fourth-order valence-electron chi connectivity index (χ4n) is 2.64. The van der Waals surface area contributed by atoms with Crippen LogP contribution in [0.15, 0.2) is 22.7 Å². The van der Waals surface area contributed by atoms with Gasteiger partial charge in [-0.2, -0.15) is 0 Å². The van der Waals surface area contributed by atoms with E-state index in [1.54, 1.807) is 12.1 Å². The summed E-state index contributed by atoms with van der Waals surface area (Å²) in [7, 11) is 0. The normalized spacial score (nSPS) is 22.4. The Hall–Kier alpha value is -1.43. The number of carboxylic acid groups (broad SMARTS) is 1. The molecule has 20 heavy (non-hydrogen) atoms. The van der Waals surface area contributed by atoms with Gasteiger partial charge in [0.1, 0.15) is 5.82 Å². The number of halogens is 2. The summed E-state index contributed by atoms with van der Waals surface area (Å²) in [4.78, 5) is 24.8. The number of carboxylic acids is 1. The average molecular weight is 344 g/mol. The van der Waals surface area contributed by atoms with E-state index < -0.39 is 23.7 Å². The van der Waals surface area contributed by atoms with Crippen molar-refractivity contribution in [3.8, 4) is 0 Å². The molecule has 1 saturated heterocycles. The number of amides is 1. The minimum absolute atomic E-state index is 0.0739. The van der Waals surface area contributed by atoms with E-state index in [4.69, 9.17) is 0 Å². The molecule has 0 radical (unpaired) electrons. The Bertz CT molecular complexity index is 549. The molecule has 108 valence electrons. The van der Waals surface area contributed by atoms with Crippen molar-refractivity contribution >= 4 is 27.8 Å². The zero-order chi connectivity index (χ0) is 14.9. The second kappa shape index (κ2) is 5.91. The molecular formula is C14H15BrFNO3. The molecule has 1 fully saturated rings. The van der Waals surface area contributed by atoms with Gasteiger partial charge in [-0.25, -0.2) is 4.39 Å². The summed E-state index contributed by atoms with van der Waals surface area (Å²) >= 11 is 3.17. The van der Waals surface area contributed by atoms with Gasteiger partial charge < -0.3 is 10.0 Å². The van der Waals surface area contributed by atoms with Crippen LogP contribution in [-0.2, 0) is 9.59 Å². The highest BCUT2D eigenvalue weighted by molar-refractivity contribution is 9.10. The van der Waals surface area contributed by atoms with E-state index in [0.29, 0.717) is 17.4 Å². The third kappa shape index (κ3) is 2.70. The molecule has 1 aliphatic heterocycles. The van der Waals surface area contributed by atoms with Crippen LogP contribution in [0.25, 0.3) is 0 Å². The number of carbonyl (C=O) groups is 2. The van der Waals surface area contributed by atoms with Gasteiger partial charge in [0.25, 0.3) is 0 Å². The van der Waals surface area contributed by atoms with Crippen molar-refractivity contribution in [2.24, 2.45) is 5.92 Å². The smallest absolute Gasteiger partial charge is 0.309 e. The summed E-state index contributed by atoms with van der Waals surface area (Å²) in [6, 6.07) is 3.76. The lowest BCUT2D eigenvalue weighted by Gasteiger charge is -2.27. The topological polar surface area (TPSA) is 57.6 Å². The first kappa shape index (κ1) is 15.0. The number of hydrogen-bond donors (Lipinski definition) is 1. The van der Waals surface area contributed by atoms with Crippen LogP contribution in [0.1, 0.15) is 31.4 Å². The zero-order valence-corrected chi connectivity index (χ0v) is 12.6. The van der Waals surface area contributed by atoms with Gasteiger partial charge in [0, 0.05) is 23.0 Å². The molecule has 1 amide bonds. The molecular weight excluding hydrogens is 329 g/mol. The highest BCUT2D eigenvalue weighted by Gasteiger charge is 2.45. The molecule has 4 nitrogen and oxygen atoms in total. The highest BCUT2D eigenvalue weighted by Crippen LogP contribution is 2.39. The molecule has 0 saturated carbocycles. The second-order valence-corrected chi connectivity index (χ2v) is 5.76. The molecule has 6 heteroatoms. The summed E-state index contributed by atoms with van der Waals surface area (Å²) in [6.07, 6.45) is 0.627. The molecule has 0 aliphatic carbocycles. The zero-order valence-electron chi connectivity index (χ0n) is 11.0. The maximum Gasteiger partial charge on any atom is 0.309 e. The number of likely N-dealkylation sites (tertiary alicyclic amines) is 1. The Morgan fingerprint density at radius 2 is 2.25 bits per heavy atom. The van der Waals surface area contributed by atoms with Gasteiger partial charge in [0.15, 0.2) is 0 Å². The van der Waals surface area contributed by atoms with Crippen molar-refractivity contribution in [2.45, 2.75) is 25.8 Å². The van der Waals surface area contributed by atoms with Crippen LogP contribution in [0, 0.1) is 11.7 Å². The predicted molar refractivity (Wildman–Crippen MR) is 74.6 cm³/mol. The summed E-state index contributed by atoms with van der Waals surface area (Å²) in [5.74, 6) is -2.69. The molecule has 0 spiro atoms. The average Bonchev–Trinajstić information content (AvgIpc) is 2.68. The van der Waals surface area contributed by atoms with Crippen LogP contribution in [0.3, 0.4) is 0 Å². The van der Waals surface area contributed by atoms with Gasteiger partial charge >= 0.3 is 5.97 Å². The molecule has 0 aromatic heterocycles. The van der Waals surface area contributed by atoms with Gasteiger partial charge in [-0.15, -0.1) is 0 Å². The van der Waals surface area contributed by atoms with Crippen molar-refractivity contribution in [3.63, 3.8) is 0 Å². The molecule has 0 bridgehead atoms. The van der Waals surface area contributed by atoms with Crippen LogP contribution < -0.4 is 0 Å². The Labute approximate surface area is 124 Å². The van der Waals surface area contributed by atoms with Crippen LogP contribution in [0.2, 0.25) is 0 Å². The summed E-state index contributed by atoms with van der Waals surface area (Å²) in [5, 5.41) is 9.28. The molecule has 2 unspecified atom stereocenters. The van der Waals surface area contributed by atoms with E-state index in [9.17, 15) is 19.1 Å². The van der Waals surface area contributed by atoms with E-state index in [0.717, 1.165) is 0 Å². The van der Waals surface area contributed by atoms with Crippen molar-refractivity contribution < 1.29 is 19.1 Å². The van der Waals surface area contributed by atoms with E-state index in [1.165, 1.54) is 11.0 Å². The van der Waals surface area contributed by atoms with Crippen LogP contribution in [0.4, 0.5) is 4.39 Å². The van der Waals surface area contributed by atoms with Crippen molar-refractivity contribution in [2.75, 3.05) is 6.54 Å². The number of aliphatic carboxylic acids is 1. The Morgan fingerprint density at radius 3 is 2.80 bits per heavy atom. The van der Waals surface area contributed by atoms with Gasteiger partial charge in [0.05, 0.1) is 12.0 Å². The first-order valence-corrected chi connectivity index (χ1v) is 7.22. The molecule has 1 heterocycles. The third-order valence-electron chi connectivity index (χ3n) is 3.49. The first-order valence-electron chi connectivity index (χ1n) is 6.43. The molecule has 1 aromatic carbocycles. The van der Waals surface area contributed by atoms with Crippen molar-refractivity contribution in [1.29, 1.82) is 0 Å². The van der Waals surface area contributed by atoms with Crippen LogP contribution in [0.5, 0.6) is 0 Å². The highest BCUT2D eigenvalue weighted by atomic mass is 79.9. The molecule has 1 aromatic rings. The minimum Gasteiger partial charge on any atom is -0.481 e. The molecule has 2 atom stereocenters. The maximum atomic E-state index is 14.1. The first-order chi connectivity index (χ1) is 9.45. The fourth-order valence-corrected chi connectivity index (χ4v) is 2.98. The van der Waals surface area contributed by atoms with Crippen molar-refractivity contribution in [3.05, 3.63) is 34.1 Å². The number of rotatable bonds is 4. The molecule has 1 N–H and O–H groups in total. The fraction of sp³-hybridized carbons (Fsp3) is 0.429. The Kier molecular flexibility index (Phi) is 4.42. The minimum atomic E-state index is -1.07. The lowest BCUT2D eigenvalue weighted by molar-refractivity contribution is -0.142. The van der Waals surface area contributed by atoms with E-state index >= 15 is 0 Å². The Balaban J connectivity index is 2.46. The maximum absolute atomic E-state index is 14.1. The number of nitrogens with zero attached hydrogens (tertiary/aromatic N) is 1. The van der Waals surface area contributed by atoms with E-state index in [-0.39, 0.29) is 17.9 Å². The van der Waals surface area contributed by atoms with Crippen molar-refractivity contribution in [1.82, 2.24) is 4.90 Å². The van der Waals surface area contributed by atoms with Gasteiger partial charge in [-0.1, -0.05) is 28.9 Å². The van der Waals surface area contributed by atoms with Gasteiger partial charge in [-0.05, 0) is 18.6 Å². The molecule has 1 aliphatic rings. The molecule has 2 rings (SSSR count).